The molecule has 0 aliphatic carbocycles. The summed E-state index contributed by atoms with van der Waals surface area (Å²) in [5, 5.41) is 10.1. The second kappa shape index (κ2) is 5.48. The van der Waals surface area contributed by atoms with E-state index in [-0.39, 0.29) is 17.1 Å². The van der Waals surface area contributed by atoms with Crippen LogP contribution in [0, 0.1) is 0 Å². The van der Waals surface area contributed by atoms with Crippen molar-refractivity contribution in [2.45, 2.75) is 19.8 Å². The monoisotopic (exact) mass is 334 g/mol. The average molecular weight is 334 g/mol. The van der Waals surface area contributed by atoms with Crippen molar-refractivity contribution in [2.75, 3.05) is 0 Å². The summed E-state index contributed by atoms with van der Waals surface area (Å²) in [6.45, 7) is 3.94. The summed E-state index contributed by atoms with van der Waals surface area (Å²) in [6, 6.07) is 12.3. The third-order valence-electron chi connectivity index (χ3n) is 4.44. The van der Waals surface area contributed by atoms with E-state index in [1.165, 1.54) is 12.1 Å². The number of hydrogen-bond acceptors (Lipinski definition) is 4. The van der Waals surface area contributed by atoms with E-state index in [9.17, 15) is 9.90 Å². The minimum absolute atomic E-state index is 0.00531. The molecule has 0 aliphatic heterocycles. The van der Waals surface area contributed by atoms with Crippen LogP contribution in [0.15, 0.2) is 51.7 Å². The number of phenols is 1. The van der Waals surface area contributed by atoms with E-state index in [0.29, 0.717) is 28.1 Å². The van der Waals surface area contributed by atoms with Crippen molar-refractivity contribution in [2.24, 2.45) is 7.05 Å². The predicted octanol–water partition coefficient (Wildman–Crippen LogP) is 4.18. The van der Waals surface area contributed by atoms with Gasteiger partial charge < -0.3 is 14.1 Å². The van der Waals surface area contributed by atoms with Gasteiger partial charge in [-0.1, -0.05) is 26.0 Å². The lowest BCUT2D eigenvalue weighted by atomic mass is 10.0. The Morgan fingerprint density at radius 1 is 1.16 bits per heavy atom. The van der Waals surface area contributed by atoms with Gasteiger partial charge in [0.2, 0.25) is 5.43 Å². The molecule has 0 amide bonds. The van der Waals surface area contributed by atoms with Gasteiger partial charge in [-0.15, -0.1) is 0 Å². The molecule has 25 heavy (non-hydrogen) atoms. The number of benzene rings is 2. The number of phenolic OH excluding ortho intramolecular Hbond substituents is 1. The average Bonchev–Trinajstić information content (AvgIpc) is 2.91. The smallest absolute Gasteiger partial charge is 0.203 e. The Balaban J connectivity index is 2.14. The van der Waals surface area contributed by atoms with Crippen LogP contribution in [0.2, 0.25) is 0 Å². The first-order valence-electron chi connectivity index (χ1n) is 8.19. The summed E-state index contributed by atoms with van der Waals surface area (Å²) in [4.78, 5) is 17.9. The second-order valence-electron chi connectivity index (χ2n) is 6.49. The highest BCUT2D eigenvalue weighted by Gasteiger charge is 2.23. The van der Waals surface area contributed by atoms with Gasteiger partial charge in [0, 0.05) is 19.0 Å². The van der Waals surface area contributed by atoms with Crippen molar-refractivity contribution in [3.63, 3.8) is 0 Å². The number of aromatic nitrogens is 2. The van der Waals surface area contributed by atoms with Crippen LogP contribution in [-0.4, -0.2) is 14.7 Å². The highest BCUT2D eigenvalue weighted by molar-refractivity contribution is 5.86. The molecule has 126 valence electrons. The number of aromatic hydroxyl groups is 1. The molecule has 0 saturated carbocycles. The number of nitrogens with zero attached hydrogens (tertiary/aromatic N) is 2. The van der Waals surface area contributed by atoms with Crippen LogP contribution < -0.4 is 5.43 Å². The van der Waals surface area contributed by atoms with Crippen molar-refractivity contribution in [1.82, 2.24) is 9.55 Å². The summed E-state index contributed by atoms with van der Waals surface area (Å²) in [7, 11) is 1.90. The molecule has 0 fully saturated rings. The fourth-order valence-corrected chi connectivity index (χ4v) is 3.19. The lowest BCUT2D eigenvalue weighted by molar-refractivity contribution is 0.470. The van der Waals surface area contributed by atoms with Gasteiger partial charge in [0.15, 0.2) is 0 Å². The molecular formula is C20H18N2O3. The first kappa shape index (κ1) is 15.4. The van der Waals surface area contributed by atoms with Gasteiger partial charge in [-0.3, -0.25) is 4.79 Å². The van der Waals surface area contributed by atoms with E-state index in [2.05, 4.69) is 4.98 Å². The highest BCUT2D eigenvalue weighted by atomic mass is 16.3. The van der Waals surface area contributed by atoms with Gasteiger partial charge in [0.05, 0.1) is 16.4 Å². The zero-order valence-corrected chi connectivity index (χ0v) is 14.3. The summed E-state index contributed by atoms with van der Waals surface area (Å²) in [5.41, 5.74) is 2.52. The quantitative estimate of drug-likeness (QED) is 0.597. The van der Waals surface area contributed by atoms with Crippen molar-refractivity contribution in [1.29, 1.82) is 0 Å². The molecule has 2 aromatic carbocycles. The van der Waals surface area contributed by atoms with E-state index in [4.69, 9.17) is 4.42 Å². The maximum Gasteiger partial charge on any atom is 0.203 e. The fraction of sp³-hybridized carbons (Fsp3) is 0.200. The van der Waals surface area contributed by atoms with Crippen LogP contribution in [0.1, 0.15) is 25.5 Å². The molecule has 0 aliphatic rings. The lowest BCUT2D eigenvalue weighted by Gasteiger charge is -2.12. The number of fused-ring (bicyclic) bond motifs is 2. The molecule has 0 spiro atoms. The van der Waals surface area contributed by atoms with E-state index in [1.807, 2.05) is 49.7 Å². The third kappa shape index (κ3) is 2.31. The Morgan fingerprint density at radius 3 is 2.64 bits per heavy atom. The SMILES string of the molecule is CC(C)c1oc2cc(O)ccc2c(=O)c1-c1nc2ccccc2n1C. The summed E-state index contributed by atoms with van der Waals surface area (Å²) < 4.78 is 7.92. The molecule has 0 saturated heterocycles. The largest absolute Gasteiger partial charge is 0.508 e. The number of hydrogen-bond donors (Lipinski definition) is 1. The molecule has 4 rings (SSSR count). The maximum atomic E-state index is 13.2. The molecule has 2 aromatic heterocycles. The minimum atomic E-state index is -0.136. The van der Waals surface area contributed by atoms with Crippen molar-refractivity contribution in [3.05, 3.63) is 58.4 Å². The third-order valence-corrected chi connectivity index (χ3v) is 4.44. The number of imidazole rings is 1. The first-order chi connectivity index (χ1) is 12.0. The predicted molar refractivity (Wildman–Crippen MR) is 97.9 cm³/mol. The summed E-state index contributed by atoms with van der Waals surface area (Å²) >= 11 is 0. The second-order valence-corrected chi connectivity index (χ2v) is 6.49. The van der Waals surface area contributed by atoms with E-state index < -0.39 is 0 Å². The Kier molecular flexibility index (Phi) is 3.39. The molecule has 0 unspecified atom stereocenters. The van der Waals surface area contributed by atoms with Gasteiger partial charge in [-0.2, -0.15) is 0 Å². The topological polar surface area (TPSA) is 68.3 Å². The van der Waals surface area contributed by atoms with Crippen molar-refractivity contribution >= 4 is 22.0 Å². The molecule has 0 radical (unpaired) electrons. The van der Waals surface area contributed by atoms with Crippen molar-refractivity contribution < 1.29 is 9.52 Å². The maximum absolute atomic E-state index is 13.2. The molecule has 0 bridgehead atoms. The van der Waals surface area contributed by atoms with E-state index >= 15 is 0 Å². The van der Waals surface area contributed by atoms with Gasteiger partial charge in [-0.25, -0.2) is 4.98 Å². The molecule has 1 N–H and O–H groups in total. The Morgan fingerprint density at radius 2 is 1.92 bits per heavy atom. The number of rotatable bonds is 2. The molecule has 2 heterocycles. The molecule has 4 aromatic rings. The highest BCUT2D eigenvalue weighted by Crippen LogP contribution is 2.31. The Labute approximate surface area is 144 Å². The van der Waals surface area contributed by atoms with Crippen LogP contribution in [0.25, 0.3) is 33.4 Å². The zero-order chi connectivity index (χ0) is 17.7. The summed E-state index contributed by atoms with van der Waals surface area (Å²) in [6.07, 6.45) is 0. The Hall–Kier alpha value is -3.08. The molecule has 5 nitrogen and oxygen atoms in total. The molecule has 5 heteroatoms. The van der Waals surface area contributed by atoms with Gasteiger partial charge >= 0.3 is 0 Å². The van der Waals surface area contributed by atoms with Gasteiger partial charge in [-0.05, 0) is 24.3 Å². The van der Waals surface area contributed by atoms with Crippen LogP contribution in [0.5, 0.6) is 5.75 Å². The summed E-state index contributed by atoms with van der Waals surface area (Å²) in [5.74, 6) is 1.23. The number of aryl methyl sites for hydroxylation is 1. The lowest BCUT2D eigenvalue weighted by Crippen LogP contribution is -2.12. The van der Waals surface area contributed by atoms with Crippen LogP contribution >= 0.6 is 0 Å². The van der Waals surface area contributed by atoms with E-state index in [0.717, 1.165) is 11.0 Å². The molecule has 0 atom stereocenters. The minimum Gasteiger partial charge on any atom is -0.508 e. The first-order valence-corrected chi connectivity index (χ1v) is 8.19. The van der Waals surface area contributed by atoms with Gasteiger partial charge in [0.25, 0.3) is 0 Å². The fourth-order valence-electron chi connectivity index (χ4n) is 3.19. The van der Waals surface area contributed by atoms with E-state index in [1.54, 1.807) is 6.07 Å². The number of para-hydroxylation sites is 2. The zero-order valence-electron chi connectivity index (χ0n) is 14.3. The van der Waals surface area contributed by atoms with Crippen LogP contribution in [-0.2, 0) is 7.05 Å². The van der Waals surface area contributed by atoms with Crippen molar-refractivity contribution in [3.8, 4) is 17.1 Å². The van der Waals surface area contributed by atoms with Crippen LogP contribution in [0.4, 0.5) is 0 Å². The normalized spacial score (nSPS) is 11.7. The van der Waals surface area contributed by atoms with Gasteiger partial charge in [0.1, 0.15) is 28.5 Å². The van der Waals surface area contributed by atoms with Crippen LogP contribution in [0.3, 0.4) is 0 Å². The Bertz CT molecular complexity index is 1170. The molecular weight excluding hydrogens is 316 g/mol. The standard InChI is InChI=1S/C20H18N2O3/c1-11(2)19-17(18(24)13-9-8-12(23)10-16(13)25-19)20-21-14-6-4-5-7-15(14)22(20)3/h4-11,23H,1-3H3.